The number of methoxy groups -OCH3 is 1. The van der Waals surface area contributed by atoms with Gasteiger partial charge in [-0.15, -0.1) is 0 Å². The molecule has 2 N–H and O–H groups in total. The van der Waals surface area contributed by atoms with Crippen molar-refractivity contribution in [3.63, 3.8) is 0 Å². The van der Waals surface area contributed by atoms with Crippen molar-refractivity contribution in [2.45, 2.75) is 13.3 Å². The second kappa shape index (κ2) is 9.62. The average Bonchev–Trinajstić information content (AvgIpc) is 2.71. The van der Waals surface area contributed by atoms with Gasteiger partial charge in [0, 0.05) is 37.6 Å². The molecule has 144 valence electrons. The molecule has 0 saturated carbocycles. The number of carbonyl (C=O) groups excluding carboxylic acids is 1. The molecule has 3 aromatic rings. The standard InChI is InChI=1S/C22H24N4O2/c1-16-8-6-11-18(14-16)24-20-15-19(22(27)23-12-7-13-28-2)25-21(26-20)17-9-4-3-5-10-17/h3-6,8-11,14-15H,7,12-13H2,1-2H3,(H,23,27)(H,24,25,26). The third-order valence-corrected chi connectivity index (χ3v) is 4.09. The molecule has 0 fully saturated rings. The number of ether oxygens (including phenoxy) is 1. The second-order valence-corrected chi connectivity index (χ2v) is 6.42. The molecule has 0 aliphatic carbocycles. The van der Waals surface area contributed by atoms with Crippen molar-refractivity contribution in [2.75, 3.05) is 25.6 Å². The summed E-state index contributed by atoms with van der Waals surface area (Å²) in [5.41, 5.74) is 3.22. The maximum Gasteiger partial charge on any atom is 0.270 e. The highest BCUT2D eigenvalue weighted by Crippen LogP contribution is 2.21. The average molecular weight is 376 g/mol. The predicted molar refractivity (Wildman–Crippen MR) is 111 cm³/mol. The molecule has 0 aliphatic rings. The van der Waals surface area contributed by atoms with Crippen molar-refractivity contribution in [1.29, 1.82) is 0 Å². The van der Waals surface area contributed by atoms with Crippen LogP contribution in [0, 0.1) is 6.92 Å². The summed E-state index contributed by atoms with van der Waals surface area (Å²) in [6.07, 6.45) is 0.743. The van der Waals surface area contributed by atoms with Gasteiger partial charge in [-0.2, -0.15) is 0 Å². The van der Waals surface area contributed by atoms with Gasteiger partial charge in [-0.25, -0.2) is 9.97 Å². The van der Waals surface area contributed by atoms with Crippen LogP contribution in [-0.2, 0) is 4.74 Å². The lowest BCUT2D eigenvalue weighted by atomic mass is 10.2. The van der Waals surface area contributed by atoms with Crippen molar-refractivity contribution >= 4 is 17.4 Å². The van der Waals surface area contributed by atoms with Gasteiger partial charge in [-0.05, 0) is 31.0 Å². The molecule has 0 saturated heterocycles. The zero-order chi connectivity index (χ0) is 19.8. The van der Waals surface area contributed by atoms with Crippen LogP contribution in [0.1, 0.15) is 22.5 Å². The number of rotatable bonds is 8. The molecule has 0 unspecified atom stereocenters. The molecule has 6 nitrogen and oxygen atoms in total. The highest BCUT2D eigenvalue weighted by atomic mass is 16.5. The molecular formula is C22H24N4O2. The maximum atomic E-state index is 12.6. The summed E-state index contributed by atoms with van der Waals surface area (Å²) in [6.45, 7) is 3.15. The summed E-state index contributed by atoms with van der Waals surface area (Å²) in [7, 11) is 1.64. The smallest absolute Gasteiger partial charge is 0.270 e. The van der Waals surface area contributed by atoms with Crippen LogP contribution in [-0.4, -0.2) is 36.1 Å². The van der Waals surface area contributed by atoms with Gasteiger partial charge in [-0.3, -0.25) is 4.79 Å². The van der Waals surface area contributed by atoms with Crippen molar-refractivity contribution < 1.29 is 9.53 Å². The fourth-order valence-electron chi connectivity index (χ4n) is 2.72. The van der Waals surface area contributed by atoms with Crippen LogP contribution >= 0.6 is 0 Å². The number of hydrogen-bond acceptors (Lipinski definition) is 5. The van der Waals surface area contributed by atoms with Crippen molar-refractivity contribution in [1.82, 2.24) is 15.3 Å². The Bertz CT molecular complexity index is 929. The molecular weight excluding hydrogens is 352 g/mol. The third kappa shape index (κ3) is 5.37. The van der Waals surface area contributed by atoms with Crippen LogP contribution in [0.5, 0.6) is 0 Å². The highest BCUT2D eigenvalue weighted by Gasteiger charge is 2.13. The molecule has 28 heavy (non-hydrogen) atoms. The highest BCUT2D eigenvalue weighted by molar-refractivity contribution is 5.93. The number of anilines is 2. The second-order valence-electron chi connectivity index (χ2n) is 6.42. The molecule has 6 heteroatoms. The summed E-state index contributed by atoms with van der Waals surface area (Å²) < 4.78 is 5.01. The number of carbonyl (C=O) groups is 1. The first-order valence-electron chi connectivity index (χ1n) is 9.21. The summed E-state index contributed by atoms with van der Waals surface area (Å²) in [6, 6.07) is 19.3. The fraction of sp³-hybridized carbons (Fsp3) is 0.227. The number of nitrogens with one attached hydrogen (secondary N) is 2. The van der Waals surface area contributed by atoms with Gasteiger partial charge in [-0.1, -0.05) is 42.5 Å². The van der Waals surface area contributed by atoms with Crippen molar-refractivity contribution in [2.24, 2.45) is 0 Å². The number of aryl methyl sites for hydroxylation is 1. The molecule has 0 atom stereocenters. The Hall–Kier alpha value is -3.25. The molecule has 3 rings (SSSR count). The van der Waals surface area contributed by atoms with Crippen molar-refractivity contribution in [3.05, 3.63) is 71.9 Å². The minimum atomic E-state index is -0.233. The van der Waals surface area contributed by atoms with Crippen LogP contribution in [0.4, 0.5) is 11.5 Å². The first-order chi connectivity index (χ1) is 13.7. The molecule has 0 radical (unpaired) electrons. The molecule has 2 aromatic carbocycles. The zero-order valence-electron chi connectivity index (χ0n) is 16.1. The molecule has 1 heterocycles. The van der Waals surface area contributed by atoms with E-state index < -0.39 is 0 Å². The Morgan fingerprint density at radius 3 is 2.61 bits per heavy atom. The predicted octanol–water partition coefficient (Wildman–Crippen LogP) is 3.96. The summed E-state index contributed by atoms with van der Waals surface area (Å²) >= 11 is 0. The van der Waals surface area contributed by atoms with E-state index in [9.17, 15) is 4.79 Å². The van der Waals surface area contributed by atoms with E-state index in [1.807, 2.05) is 61.5 Å². The lowest BCUT2D eigenvalue weighted by Gasteiger charge is -2.11. The Kier molecular flexibility index (Phi) is 6.70. The summed E-state index contributed by atoms with van der Waals surface area (Å²) in [5, 5.41) is 6.15. The van der Waals surface area contributed by atoms with Crippen LogP contribution in [0.25, 0.3) is 11.4 Å². The van der Waals surface area contributed by atoms with E-state index in [1.54, 1.807) is 13.2 Å². The van der Waals surface area contributed by atoms with E-state index in [1.165, 1.54) is 0 Å². The number of hydrogen-bond donors (Lipinski definition) is 2. The van der Waals surface area contributed by atoms with Crippen LogP contribution < -0.4 is 10.6 Å². The number of aromatic nitrogens is 2. The molecule has 0 spiro atoms. The minimum Gasteiger partial charge on any atom is -0.385 e. The van der Waals surface area contributed by atoms with Gasteiger partial charge in [0.15, 0.2) is 5.82 Å². The van der Waals surface area contributed by atoms with E-state index in [-0.39, 0.29) is 5.91 Å². The largest absolute Gasteiger partial charge is 0.385 e. The van der Waals surface area contributed by atoms with Crippen LogP contribution in [0.15, 0.2) is 60.7 Å². The maximum absolute atomic E-state index is 12.6. The third-order valence-electron chi connectivity index (χ3n) is 4.09. The number of benzene rings is 2. The minimum absolute atomic E-state index is 0.233. The van der Waals surface area contributed by atoms with Crippen LogP contribution in [0.3, 0.4) is 0 Å². The van der Waals surface area contributed by atoms with E-state index in [4.69, 9.17) is 4.74 Å². The van der Waals surface area contributed by atoms with E-state index >= 15 is 0 Å². The lowest BCUT2D eigenvalue weighted by Crippen LogP contribution is -2.26. The lowest BCUT2D eigenvalue weighted by molar-refractivity contribution is 0.0943. The topological polar surface area (TPSA) is 76.1 Å². The van der Waals surface area contributed by atoms with E-state index in [0.29, 0.717) is 30.5 Å². The first kappa shape index (κ1) is 19.5. The molecule has 1 amide bonds. The Balaban J connectivity index is 1.89. The number of amides is 1. The van der Waals surface area contributed by atoms with Gasteiger partial charge in [0.25, 0.3) is 5.91 Å². The molecule has 1 aromatic heterocycles. The van der Waals surface area contributed by atoms with Gasteiger partial charge in [0.1, 0.15) is 11.5 Å². The quantitative estimate of drug-likeness (QED) is 0.582. The first-order valence-corrected chi connectivity index (χ1v) is 9.21. The molecule has 0 bridgehead atoms. The van der Waals surface area contributed by atoms with E-state index in [2.05, 4.69) is 20.6 Å². The van der Waals surface area contributed by atoms with Crippen LogP contribution in [0.2, 0.25) is 0 Å². The van der Waals surface area contributed by atoms with Gasteiger partial charge in [0.05, 0.1) is 0 Å². The normalized spacial score (nSPS) is 10.5. The van der Waals surface area contributed by atoms with Gasteiger partial charge >= 0.3 is 0 Å². The Labute approximate surface area is 165 Å². The summed E-state index contributed by atoms with van der Waals surface area (Å²) in [4.78, 5) is 21.6. The Morgan fingerprint density at radius 1 is 1.04 bits per heavy atom. The molecule has 0 aliphatic heterocycles. The van der Waals surface area contributed by atoms with Crippen molar-refractivity contribution in [3.8, 4) is 11.4 Å². The summed E-state index contributed by atoms with van der Waals surface area (Å²) in [5.74, 6) is 0.838. The Morgan fingerprint density at radius 2 is 1.86 bits per heavy atom. The monoisotopic (exact) mass is 376 g/mol. The van der Waals surface area contributed by atoms with E-state index in [0.717, 1.165) is 23.2 Å². The fourth-order valence-corrected chi connectivity index (χ4v) is 2.72. The van der Waals surface area contributed by atoms with Gasteiger partial charge < -0.3 is 15.4 Å². The van der Waals surface area contributed by atoms with Gasteiger partial charge in [0.2, 0.25) is 0 Å². The number of nitrogens with zero attached hydrogens (tertiary/aromatic N) is 2. The SMILES string of the molecule is COCCCNC(=O)c1cc(Nc2cccc(C)c2)nc(-c2ccccc2)n1. The zero-order valence-corrected chi connectivity index (χ0v) is 16.1.